The highest BCUT2D eigenvalue weighted by molar-refractivity contribution is 5.84. The van der Waals surface area contributed by atoms with Crippen molar-refractivity contribution in [2.24, 2.45) is 0 Å². The Morgan fingerprint density at radius 2 is 1.90 bits per heavy atom. The number of halogens is 5. The minimum atomic E-state index is -4.60. The summed E-state index contributed by atoms with van der Waals surface area (Å²) in [5.41, 5.74) is 0.00374. The van der Waals surface area contributed by atoms with Crippen LogP contribution in [-0.4, -0.2) is 37.6 Å². The number of carbonyl (C=O) groups is 1. The molecule has 1 unspecified atom stereocenters. The quantitative estimate of drug-likeness (QED) is 0.648. The lowest BCUT2D eigenvalue weighted by Crippen LogP contribution is -2.44. The fourth-order valence-electron chi connectivity index (χ4n) is 2.69. The first-order valence-corrected chi connectivity index (χ1v) is 8.49. The zero-order chi connectivity index (χ0) is 21.4. The Morgan fingerprint density at radius 1 is 1.17 bits per heavy atom. The second-order valence-electron chi connectivity index (χ2n) is 6.65. The van der Waals surface area contributed by atoms with Gasteiger partial charge in [0.2, 0.25) is 0 Å². The Balaban J connectivity index is 1.83. The molecule has 0 spiro atoms. The molecular formula is C18H16F5N5O. The molecule has 0 bridgehead atoms. The molecule has 0 saturated heterocycles. The molecule has 0 aliphatic rings. The Kier molecular flexibility index (Phi) is 5.24. The van der Waals surface area contributed by atoms with Gasteiger partial charge in [0, 0.05) is 23.9 Å². The molecule has 29 heavy (non-hydrogen) atoms. The van der Waals surface area contributed by atoms with E-state index >= 15 is 0 Å². The lowest BCUT2D eigenvalue weighted by atomic mass is 10.1. The average Bonchev–Trinajstić information content (AvgIpc) is 3.02. The number of amides is 1. The van der Waals surface area contributed by atoms with Gasteiger partial charge in [0.15, 0.2) is 5.69 Å². The third kappa shape index (κ3) is 4.66. The first kappa shape index (κ1) is 20.6. The second-order valence-corrected chi connectivity index (χ2v) is 6.65. The first-order chi connectivity index (χ1) is 13.4. The number of rotatable bonds is 5. The minimum Gasteiger partial charge on any atom is -0.347 e. The van der Waals surface area contributed by atoms with Crippen LogP contribution in [0.5, 0.6) is 0 Å². The van der Waals surface area contributed by atoms with Crippen LogP contribution in [0, 0.1) is 0 Å². The van der Waals surface area contributed by atoms with Gasteiger partial charge in [-0.15, -0.1) is 0 Å². The highest BCUT2D eigenvalue weighted by atomic mass is 19.4. The van der Waals surface area contributed by atoms with Crippen LogP contribution in [0.15, 0.2) is 36.8 Å². The molecule has 2 aromatic heterocycles. The van der Waals surface area contributed by atoms with Gasteiger partial charge >= 0.3 is 12.1 Å². The fraction of sp³-hybridized carbons (Fsp3) is 0.333. The van der Waals surface area contributed by atoms with E-state index in [4.69, 9.17) is 0 Å². The van der Waals surface area contributed by atoms with Crippen LogP contribution in [-0.2, 0) is 17.5 Å². The number of benzene rings is 1. The van der Waals surface area contributed by atoms with Gasteiger partial charge in [-0.25, -0.2) is 4.98 Å². The molecule has 11 heteroatoms. The summed E-state index contributed by atoms with van der Waals surface area (Å²) in [6.45, 7) is 2.20. The van der Waals surface area contributed by atoms with Crippen molar-refractivity contribution in [3.05, 3.63) is 42.5 Å². The van der Waals surface area contributed by atoms with E-state index in [1.165, 1.54) is 17.1 Å². The molecule has 154 valence electrons. The second kappa shape index (κ2) is 7.37. The van der Waals surface area contributed by atoms with E-state index in [1.54, 1.807) is 25.1 Å². The maximum atomic E-state index is 13.0. The van der Waals surface area contributed by atoms with Gasteiger partial charge in [0.1, 0.15) is 0 Å². The van der Waals surface area contributed by atoms with Crippen molar-refractivity contribution in [2.75, 3.05) is 0 Å². The number of hydrogen-bond donors (Lipinski definition) is 1. The van der Waals surface area contributed by atoms with Crippen molar-refractivity contribution < 1.29 is 26.7 Å². The van der Waals surface area contributed by atoms with Crippen molar-refractivity contribution in [3.8, 4) is 11.3 Å². The Bertz CT molecular complexity index is 1040. The van der Waals surface area contributed by atoms with E-state index in [0.29, 0.717) is 29.6 Å². The smallest absolute Gasteiger partial charge is 0.347 e. The van der Waals surface area contributed by atoms with E-state index in [-0.39, 0.29) is 12.2 Å². The number of fused-ring (bicyclic) bond motifs is 1. The summed E-state index contributed by atoms with van der Waals surface area (Å²) in [5.74, 6) is -4.87. The summed E-state index contributed by atoms with van der Waals surface area (Å²) in [7, 11) is 0. The number of nitrogens with zero attached hydrogens (tertiary/aromatic N) is 4. The molecule has 1 N–H and O–H groups in total. The molecule has 3 rings (SSSR count). The molecule has 6 nitrogen and oxygen atoms in total. The number of alkyl halides is 5. The van der Waals surface area contributed by atoms with Gasteiger partial charge < -0.3 is 5.32 Å². The molecule has 1 atom stereocenters. The molecule has 0 aliphatic heterocycles. The first-order valence-electron chi connectivity index (χ1n) is 8.49. The van der Waals surface area contributed by atoms with Gasteiger partial charge in [-0.05, 0) is 19.1 Å². The Labute approximate surface area is 161 Å². The monoisotopic (exact) mass is 413 g/mol. The van der Waals surface area contributed by atoms with Crippen molar-refractivity contribution in [1.29, 1.82) is 0 Å². The van der Waals surface area contributed by atoms with Crippen LogP contribution in [0.2, 0.25) is 0 Å². The highest BCUT2D eigenvalue weighted by Gasteiger charge is 2.34. The van der Waals surface area contributed by atoms with Gasteiger partial charge in [0.25, 0.3) is 5.91 Å². The third-order valence-electron chi connectivity index (χ3n) is 4.09. The minimum absolute atomic E-state index is 0.0558. The van der Waals surface area contributed by atoms with Gasteiger partial charge in [0.05, 0.1) is 36.3 Å². The van der Waals surface area contributed by atoms with E-state index in [2.05, 4.69) is 20.4 Å². The largest absolute Gasteiger partial charge is 0.434 e. The zero-order valence-electron chi connectivity index (χ0n) is 15.3. The standard InChI is InChI=1S/C18H16F5N5O/c1-10(26-16(29)17(2,19)20)9-28-14-4-3-11(5-12(14)6-25-28)13-7-24-8-15(27-13)18(21,22)23/h3-8,10H,9H2,1-2H3,(H,26,29). The van der Waals surface area contributed by atoms with E-state index in [9.17, 15) is 26.7 Å². The fourth-order valence-corrected chi connectivity index (χ4v) is 2.69. The number of nitrogens with one attached hydrogen (secondary N) is 1. The molecule has 0 saturated carbocycles. The van der Waals surface area contributed by atoms with Crippen LogP contribution in [0.1, 0.15) is 19.5 Å². The van der Waals surface area contributed by atoms with Crippen molar-refractivity contribution in [1.82, 2.24) is 25.1 Å². The van der Waals surface area contributed by atoms with Gasteiger partial charge in [-0.2, -0.15) is 27.1 Å². The molecular weight excluding hydrogens is 397 g/mol. The van der Waals surface area contributed by atoms with Crippen LogP contribution < -0.4 is 5.32 Å². The summed E-state index contributed by atoms with van der Waals surface area (Å²) in [6.07, 6.45) is -1.24. The maximum Gasteiger partial charge on any atom is 0.434 e. The van der Waals surface area contributed by atoms with Gasteiger partial charge in [-0.1, -0.05) is 6.07 Å². The van der Waals surface area contributed by atoms with E-state index in [0.717, 1.165) is 0 Å². The summed E-state index contributed by atoms with van der Waals surface area (Å²) in [6, 6.07) is 4.17. The third-order valence-corrected chi connectivity index (χ3v) is 4.09. The molecule has 0 radical (unpaired) electrons. The SMILES string of the molecule is CC(Cn1ncc2cc(-c3cncc(C(F)(F)F)n3)ccc21)NC(=O)C(C)(F)F. The van der Waals surface area contributed by atoms with Crippen LogP contribution in [0.4, 0.5) is 22.0 Å². The molecule has 1 aromatic carbocycles. The van der Waals surface area contributed by atoms with Crippen LogP contribution in [0.25, 0.3) is 22.2 Å². The molecule has 1 amide bonds. The summed E-state index contributed by atoms with van der Waals surface area (Å²) in [5, 5.41) is 6.98. The predicted octanol–water partition coefficient (Wildman–Crippen LogP) is 3.67. The van der Waals surface area contributed by atoms with Crippen LogP contribution in [0.3, 0.4) is 0 Å². The highest BCUT2D eigenvalue weighted by Crippen LogP contribution is 2.29. The molecule has 3 aromatic rings. The topological polar surface area (TPSA) is 72.7 Å². The maximum absolute atomic E-state index is 13.0. The number of aromatic nitrogens is 4. The molecule has 0 fully saturated rings. The Hall–Kier alpha value is -3.11. The zero-order valence-corrected chi connectivity index (χ0v) is 15.3. The number of carbonyl (C=O) groups excluding carboxylic acids is 1. The van der Waals surface area contributed by atoms with E-state index < -0.39 is 29.7 Å². The average molecular weight is 413 g/mol. The summed E-state index contributed by atoms with van der Waals surface area (Å²) < 4.78 is 66.0. The molecule has 0 aliphatic carbocycles. The predicted molar refractivity (Wildman–Crippen MR) is 94.0 cm³/mol. The van der Waals surface area contributed by atoms with Gasteiger partial charge in [-0.3, -0.25) is 14.5 Å². The van der Waals surface area contributed by atoms with Crippen molar-refractivity contribution in [2.45, 2.75) is 38.5 Å². The van der Waals surface area contributed by atoms with Crippen molar-refractivity contribution in [3.63, 3.8) is 0 Å². The number of hydrogen-bond acceptors (Lipinski definition) is 4. The van der Waals surface area contributed by atoms with Crippen LogP contribution >= 0.6 is 0 Å². The van der Waals surface area contributed by atoms with E-state index in [1.807, 2.05) is 0 Å². The summed E-state index contributed by atoms with van der Waals surface area (Å²) >= 11 is 0. The lowest BCUT2D eigenvalue weighted by molar-refractivity contribution is -0.143. The van der Waals surface area contributed by atoms with Crippen molar-refractivity contribution >= 4 is 16.8 Å². The summed E-state index contributed by atoms with van der Waals surface area (Å²) in [4.78, 5) is 18.6. The lowest BCUT2D eigenvalue weighted by Gasteiger charge is -2.17. The Morgan fingerprint density at radius 3 is 2.55 bits per heavy atom. The molecule has 2 heterocycles. The normalized spacial score (nSPS) is 13.5.